The van der Waals surface area contributed by atoms with Gasteiger partial charge in [0.2, 0.25) is 0 Å². The third-order valence-electron chi connectivity index (χ3n) is 4.51. The number of ether oxygens (including phenoxy) is 1. The Morgan fingerprint density at radius 1 is 1.15 bits per heavy atom. The first-order valence-electron chi connectivity index (χ1n) is 8.37. The van der Waals surface area contributed by atoms with Crippen LogP contribution in [-0.2, 0) is 28.4 Å². The second-order valence-corrected chi connectivity index (χ2v) is 8.79. The van der Waals surface area contributed by atoms with Crippen LogP contribution in [0.25, 0.3) is 0 Å². The highest BCUT2D eigenvalue weighted by Gasteiger charge is 2.50. The van der Waals surface area contributed by atoms with Gasteiger partial charge in [0.15, 0.2) is 5.25 Å². The van der Waals surface area contributed by atoms with E-state index in [4.69, 9.17) is 4.74 Å². The van der Waals surface area contributed by atoms with Crippen molar-refractivity contribution in [2.45, 2.75) is 42.4 Å². The molecule has 0 radical (unpaired) electrons. The Kier molecular flexibility index (Phi) is 7.93. The molecule has 1 fully saturated rings. The minimum Gasteiger partial charge on any atom is -0.394 e. The third-order valence-corrected chi connectivity index (χ3v) is 7.33. The van der Waals surface area contributed by atoms with Crippen molar-refractivity contribution in [1.29, 1.82) is 0 Å². The molecular weight excluding hydrogens is 389 g/mol. The average molecular weight is 413 g/mol. The highest BCUT2D eigenvalue weighted by molar-refractivity contribution is 7.97. The lowest BCUT2D eigenvalue weighted by atomic mass is 10.1. The summed E-state index contributed by atoms with van der Waals surface area (Å²) in [4.78, 5) is 0. The molecule has 0 amide bonds. The van der Waals surface area contributed by atoms with E-state index < -0.39 is 58.9 Å². The van der Waals surface area contributed by atoms with Crippen molar-refractivity contribution in [3.05, 3.63) is 35.4 Å². The molecule has 0 aliphatic carbocycles. The number of alkyl halides is 3. The second kappa shape index (κ2) is 9.55. The Labute approximate surface area is 157 Å². The standard InChI is InChI=1S/C17H24F3O6S/c18-17(19,20)11-3-1-10(2-4-11)7-26-14(5-21)12(23)8-27-9-13(24)16(25)15(27)6-22/h1-4,12-16,21-25H,5-9H2/q+1/t12?,13-,14+,15-,16+,27?/m1/s1. The number of aliphatic hydroxyl groups is 5. The number of hydrogen-bond acceptors (Lipinski definition) is 6. The van der Waals surface area contributed by atoms with Crippen LogP contribution < -0.4 is 0 Å². The highest BCUT2D eigenvalue weighted by atomic mass is 32.2. The molecule has 10 heteroatoms. The topological polar surface area (TPSA) is 110 Å². The first kappa shape index (κ1) is 22.4. The minimum absolute atomic E-state index is 0.0944. The van der Waals surface area contributed by atoms with Gasteiger partial charge in [-0.25, -0.2) is 0 Å². The number of halogens is 3. The van der Waals surface area contributed by atoms with Crippen molar-refractivity contribution in [3.8, 4) is 0 Å². The van der Waals surface area contributed by atoms with Crippen molar-refractivity contribution in [2.75, 3.05) is 24.7 Å². The summed E-state index contributed by atoms with van der Waals surface area (Å²) < 4.78 is 43.1. The van der Waals surface area contributed by atoms with Gasteiger partial charge >= 0.3 is 6.18 Å². The van der Waals surface area contributed by atoms with Crippen molar-refractivity contribution in [3.63, 3.8) is 0 Å². The van der Waals surface area contributed by atoms with E-state index in [1.807, 2.05) is 0 Å². The van der Waals surface area contributed by atoms with Gasteiger partial charge < -0.3 is 30.3 Å². The van der Waals surface area contributed by atoms with Gasteiger partial charge in [-0.15, -0.1) is 0 Å². The quantitative estimate of drug-likeness (QED) is 0.373. The lowest BCUT2D eigenvalue weighted by Gasteiger charge is -2.22. The van der Waals surface area contributed by atoms with E-state index in [1.165, 1.54) is 12.1 Å². The van der Waals surface area contributed by atoms with Crippen molar-refractivity contribution < 1.29 is 43.4 Å². The maximum absolute atomic E-state index is 12.6. The van der Waals surface area contributed by atoms with Crippen LogP contribution in [-0.4, -0.2) is 79.9 Å². The van der Waals surface area contributed by atoms with E-state index in [0.29, 0.717) is 5.56 Å². The van der Waals surface area contributed by atoms with E-state index in [0.717, 1.165) is 12.1 Å². The Bertz CT molecular complexity index is 585. The van der Waals surface area contributed by atoms with Crippen LogP contribution in [0.3, 0.4) is 0 Å². The van der Waals surface area contributed by atoms with Crippen LogP contribution in [0.1, 0.15) is 11.1 Å². The van der Waals surface area contributed by atoms with E-state index in [2.05, 4.69) is 0 Å². The number of rotatable bonds is 8. The van der Waals surface area contributed by atoms with Crippen LogP contribution >= 0.6 is 0 Å². The molecule has 2 unspecified atom stereocenters. The van der Waals surface area contributed by atoms with E-state index in [1.54, 1.807) is 0 Å². The normalized spacial score (nSPS) is 28.3. The first-order chi connectivity index (χ1) is 12.7. The third kappa shape index (κ3) is 5.80. The van der Waals surface area contributed by atoms with Crippen LogP contribution in [0, 0.1) is 0 Å². The van der Waals surface area contributed by atoms with Crippen molar-refractivity contribution in [2.24, 2.45) is 0 Å². The molecule has 27 heavy (non-hydrogen) atoms. The predicted octanol–water partition coefficient (Wildman–Crippen LogP) is -0.342. The molecule has 1 aliphatic heterocycles. The van der Waals surface area contributed by atoms with Gasteiger partial charge in [0.25, 0.3) is 0 Å². The first-order valence-corrected chi connectivity index (χ1v) is 10.00. The molecule has 154 valence electrons. The molecule has 1 heterocycles. The smallest absolute Gasteiger partial charge is 0.394 e. The molecule has 1 aromatic carbocycles. The zero-order chi connectivity index (χ0) is 20.2. The molecule has 0 aromatic heterocycles. The maximum atomic E-state index is 12.6. The van der Waals surface area contributed by atoms with Gasteiger partial charge in [-0.1, -0.05) is 12.1 Å². The number of aliphatic hydroxyl groups excluding tert-OH is 5. The van der Waals surface area contributed by atoms with Gasteiger partial charge in [-0.3, -0.25) is 0 Å². The van der Waals surface area contributed by atoms with Crippen LogP contribution in [0.2, 0.25) is 0 Å². The molecular formula is C17H24F3O6S+. The lowest BCUT2D eigenvalue weighted by molar-refractivity contribution is -0.137. The second-order valence-electron chi connectivity index (χ2n) is 6.44. The molecule has 1 saturated heterocycles. The minimum atomic E-state index is -4.43. The molecule has 0 spiro atoms. The number of benzene rings is 1. The van der Waals surface area contributed by atoms with Gasteiger partial charge in [0.05, 0.1) is 25.4 Å². The van der Waals surface area contributed by atoms with Gasteiger partial charge in [-0.2, -0.15) is 13.2 Å². The van der Waals surface area contributed by atoms with E-state index >= 15 is 0 Å². The fourth-order valence-electron chi connectivity index (χ4n) is 2.90. The Morgan fingerprint density at radius 3 is 2.30 bits per heavy atom. The van der Waals surface area contributed by atoms with E-state index in [-0.39, 0.29) is 24.7 Å². The monoisotopic (exact) mass is 413 g/mol. The summed E-state index contributed by atoms with van der Waals surface area (Å²) in [7, 11) is -0.655. The Balaban J connectivity index is 1.90. The Hall–Kier alpha value is -0.880. The summed E-state index contributed by atoms with van der Waals surface area (Å²) in [5.74, 6) is 0.359. The lowest BCUT2D eigenvalue weighted by Crippen LogP contribution is -2.42. The van der Waals surface area contributed by atoms with Gasteiger partial charge in [0.1, 0.15) is 35.9 Å². The van der Waals surface area contributed by atoms with Crippen LogP contribution in [0.15, 0.2) is 24.3 Å². The summed E-state index contributed by atoms with van der Waals surface area (Å²) in [6, 6.07) is 4.38. The largest absolute Gasteiger partial charge is 0.416 e. The summed E-state index contributed by atoms with van der Waals surface area (Å²) in [5, 5.41) is 48.1. The van der Waals surface area contributed by atoms with Crippen molar-refractivity contribution in [1.82, 2.24) is 0 Å². The van der Waals surface area contributed by atoms with Gasteiger partial charge in [-0.05, 0) is 17.7 Å². The molecule has 0 bridgehead atoms. The molecule has 5 N–H and O–H groups in total. The summed E-state index contributed by atoms with van der Waals surface area (Å²) >= 11 is 0. The van der Waals surface area contributed by atoms with Crippen molar-refractivity contribution >= 4 is 10.9 Å². The predicted molar refractivity (Wildman–Crippen MR) is 93.1 cm³/mol. The summed E-state index contributed by atoms with van der Waals surface area (Å²) in [5.41, 5.74) is -0.323. The highest BCUT2D eigenvalue weighted by Crippen LogP contribution is 2.29. The summed E-state index contributed by atoms with van der Waals surface area (Å²) in [6.07, 6.45) is -8.55. The van der Waals surface area contributed by atoms with E-state index in [9.17, 15) is 38.7 Å². The Morgan fingerprint density at radius 2 is 1.78 bits per heavy atom. The fraction of sp³-hybridized carbons (Fsp3) is 0.647. The fourth-order valence-corrected chi connectivity index (χ4v) is 5.60. The molecule has 6 nitrogen and oxygen atoms in total. The average Bonchev–Trinajstić information content (AvgIpc) is 2.88. The molecule has 0 saturated carbocycles. The van der Waals surface area contributed by atoms with Crippen LogP contribution in [0.4, 0.5) is 13.2 Å². The van der Waals surface area contributed by atoms with Gasteiger partial charge in [0, 0.05) is 10.9 Å². The summed E-state index contributed by atoms with van der Waals surface area (Å²) in [6.45, 7) is -0.930. The maximum Gasteiger partial charge on any atom is 0.416 e. The SMILES string of the molecule is OC[C@H](OCc1ccc(C(F)(F)F)cc1)C(O)C[S+]1C[C@@H](O)[C@H](O)[C@H]1CO. The molecule has 2 rings (SSSR count). The molecule has 1 aliphatic rings. The molecule has 1 aromatic rings. The van der Waals surface area contributed by atoms with Crippen LogP contribution in [0.5, 0.6) is 0 Å². The number of hydrogen-bond donors (Lipinski definition) is 5. The zero-order valence-electron chi connectivity index (χ0n) is 14.4. The molecule has 6 atom stereocenters. The zero-order valence-corrected chi connectivity index (χ0v) is 15.2.